The first-order valence-corrected chi connectivity index (χ1v) is 5.84. The lowest BCUT2D eigenvalue weighted by Crippen LogP contribution is -2.19. The lowest BCUT2D eigenvalue weighted by molar-refractivity contribution is 0.112. The molecule has 2 aromatic carbocycles. The molecule has 0 radical (unpaired) electrons. The van der Waals surface area contributed by atoms with Gasteiger partial charge in [-0.2, -0.15) is 5.26 Å². The molecule has 20 heavy (non-hydrogen) atoms. The van der Waals surface area contributed by atoms with Crippen molar-refractivity contribution < 1.29 is 9.59 Å². The van der Waals surface area contributed by atoms with Gasteiger partial charge in [0.25, 0.3) is 0 Å². The molecule has 2 amide bonds. The Bertz CT molecular complexity index is 672. The number of aldehydes is 1. The molecule has 0 spiro atoms. The molecule has 2 rings (SSSR count). The molecule has 98 valence electrons. The average molecular weight is 265 g/mol. The molecule has 0 aromatic heterocycles. The first-order chi connectivity index (χ1) is 9.71. The predicted molar refractivity (Wildman–Crippen MR) is 75.6 cm³/mol. The third kappa shape index (κ3) is 3.43. The third-order valence-electron chi connectivity index (χ3n) is 2.55. The second-order valence-electron chi connectivity index (χ2n) is 4.01. The van der Waals surface area contributed by atoms with E-state index in [2.05, 4.69) is 10.6 Å². The maximum Gasteiger partial charge on any atom is 0.323 e. The van der Waals surface area contributed by atoms with E-state index in [9.17, 15) is 9.59 Å². The number of carbonyl (C=O) groups is 2. The summed E-state index contributed by atoms with van der Waals surface area (Å²) in [5.41, 5.74) is 2.12. The summed E-state index contributed by atoms with van der Waals surface area (Å²) in [6, 6.07) is 14.7. The minimum Gasteiger partial charge on any atom is -0.308 e. The summed E-state index contributed by atoms with van der Waals surface area (Å²) in [5, 5.41) is 13.9. The number of rotatable bonds is 3. The fourth-order valence-corrected chi connectivity index (χ4v) is 1.61. The average Bonchev–Trinajstić information content (AvgIpc) is 2.48. The third-order valence-corrected chi connectivity index (χ3v) is 2.55. The molecule has 0 bridgehead atoms. The lowest BCUT2D eigenvalue weighted by Gasteiger charge is -2.07. The Kier molecular flexibility index (Phi) is 4.10. The monoisotopic (exact) mass is 265 g/mol. The Morgan fingerprint density at radius 3 is 2.40 bits per heavy atom. The number of hydrogen-bond acceptors (Lipinski definition) is 3. The fourth-order valence-electron chi connectivity index (χ4n) is 1.61. The molecule has 0 saturated heterocycles. The first kappa shape index (κ1) is 13.3. The van der Waals surface area contributed by atoms with E-state index in [1.54, 1.807) is 48.5 Å². The van der Waals surface area contributed by atoms with E-state index in [4.69, 9.17) is 5.26 Å². The van der Waals surface area contributed by atoms with Crippen LogP contribution in [0.4, 0.5) is 16.2 Å². The molecule has 0 fully saturated rings. The molecular weight excluding hydrogens is 254 g/mol. The van der Waals surface area contributed by atoms with Crippen LogP contribution >= 0.6 is 0 Å². The van der Waals surface area contributed by atoms with Gasteiger partial charge in [-0.05, 0) is 36.4 Å². The van der Waals surface area contributed by atoms with Crippen LogP contribution in [0.5, 0.6) is 0 Å². The number of amides is 2. The molecule has 0 aliphatic heterocycles. The molecule has 2 aromatic rings. The smallest absolute Gasteiger partial charge is 0.308 e. The first-order valence-electron chi connectivity index (χ1n) is 5.84. The highest BCUT2D eigenvalue weighted by Gasteiger charge is 2.03. The highest BCUT2D eigenvalue weighted by atomic mass is 16.2. The highest BCUT2D eigenvalue weighted by Crippen LogP contribution is 2.12. The van der Waals surface area contributed by atoms with Gasteiger partial charge in [0.2, 0.25) is 0 Å². The quantitative estimate of drug-likeness (QED) is 0.837. The predicted octanol–water partition coefficient (Wildman–Crippen LogP) is 3.01. The molecular formula is C15H11N3O2. The van der Waals surface area contributed by atoms with Crippen molar-refractivity contribution in [1.29, 1.82) is 5.26 Å². The van der Waals surface area contributed by atoms with Crippen LogP contribution in [0.25, 0.3) is 0 Å². The zero-order valence-electron chi connectivity index (χ0n) is 10.5. The minimum absolute atomic E-state index is 0.419. The second kappa shape index (κ2) is 6.16. The van der Waals surface area contributed by atoms with Gasteiger partial charge in [0.05, 0.1) is 11.6 Å². The van der Waals surface area contributed by atoms with Gasteiger partial charge in [0.1, 0.15) is 6.29 Å². The van der Waals surface area contributed by atoms with Crippen molar-refractivity contribution in [3.05, 3.63) is 59.7 Å². The van der Waals surface area contributed by atoms with Gasteiger partial charge >= 0.3 is 6.03 Å². The van der Waals surface area contributed by atoms with E-state index in [1.807, 2.05) is 6.07 Å². The van der Waals surface area contributed by atoms with Crippen LogP contribution in [-0.4, -0.2) is 12.3 Å². The normalized spacial score (nSPS) is 9.35. The SMILES string of the molecule is N#Cc1ccc(NC(=O)Nc2cccc(C=O)c2)cc1. The van der Waals surface area contributed by atoms with Crippen LogP contribution in [0.15, 0.2) is 48.5 Å². The Labute approximate surface area is 115 Å². The molecule has 5 nitrogen and oxygen atoms in total. The van der Waals surface area contributed by atoms with Crippen LogP contribution in [-0.2, 0) is 0 Å². The summed E-state index contributed by atoms with van der Waals surface area (Å²) in [5.74, 6) is 0. The van der Waals surface area contributed by atoms with Crippen molar-refractivity contribution in [3.8, 4) is 6.07 Å². The fraction of sp³-hybridized carbons (Fsp3) is 0. The van der Waals surface area contributed by atoms with Crippen molar-refractivity contribution in [2.45, 2.75) is 0 Å². The Morgan fingerprint density at radius 2 is 1.75 bits per heavy atom. The van der Waals surface area contributed by atoms with Crippen LogP contribution in [0.1, 0.15) is 15.9 Å². The lowest BCUT2D eigenvalue weighted by atomic mass is 10.2. The van der Waals surface area contributed by atoms with E-state index in [0.717, 1.165) is 0 Å². The van der Waals surface area contributed by atoms with E-state index >= 15 is 0 Å². The van der Waals surface area contributed by atoms with Gasteiger partial charge < -0.3 is 10.6 Å². The van der Waals surface area contributed by atoms with Crippen molar-refractivity contribution >= 4 is 23.7 Å². The topological polar surface area (TPSA) is 82.0 Å². The second-order valence-corrected chi connectivity index (χ2v) is 4.01. The number of nitrogens with one attached hydrogen (secondary N) is 2. The molecule has 0 saturated carbocycles. The van der Waals surface area contributed by atoms with E-state index in [1.165, 1.54) is 0 Å². The van der Waals surface area contributed by atoms with E-state index in [0.29, 0.717) is 28.8 Å². The van der Waals surface area contributed by atoms with Crippen LogP contribution in [0.2, 0.25) is 0 Å². The summed E-state index contributed by atoms with van der Waals surface area (Å²) < 4.78 is 0. The number of benzene rings is 2. The molecule has 5 heteroatoms. The Morgan fingerprint density at radius 1 is 1.05 bits per heavy atom. The van der Waals surface area contributed by atoms with E-state index in [-0.39, 0.29) is 0 Å². The Hall–Kier alpha value is -3.13. The summed E-state index contributed by atoms with van der Waals surface area (Å²) in [4.78, 5) is 22.4. The number of carbonyl (C=O) groups excluding carboxylic acids is 2. The van der Waals surface area contributed by atoms with Gasteiger partial charge in [-0.1, -0.05) is 12.1 Å². The molecule has 0 unspecified atom stereocenters. The molecule has 0 atom stereocenters. The summed E-state index contributed by atoms with van der Waals surface area (Å²) in [6.45, 7) is 0. The number of anilines is 2. The number of nitrogens with zero attached hydrogens (tertiary/aromatic N) is 1. The van der Waals surface area contributed by atoms with Gasteiger partial charge in [-0.25, -0.2) is 4.79 Å². The summed E-state index contributed by atoms with van der Waals surface area (Å²) in [7, 11) is 0. The number of hydrogen-bond donors (Lipinski definition) is 2. The van der Waals surface area contributed by atoms with Gasteiger partial charge in [-0.3, -0.25) is 4.79 Å². The molecule has 0 heterocycles. The Balaban J connectivity index is 2.01. The standard InChI is InChI=1S/C15H11N3O2/c16-9-11-4-6-13(7-5-11)17-15(20)18-14-3-1-2-12(8-14)10-19/h1-8,10H,(H2,17,18,20). The number of nitriles is 1. The maximum absolute atomic E-state index is 11.8. The van der Waals surface area contributed by atoms with Crippen LogP contribution in [0.3, 0.4) is 0 Å². The zero-order valence-corrected chi connectivity index (χ0v) is 10.5. The maximum atomic E-state index is 11.8. The van der Waals surface area contributed by atoms with Gasteiger partial charge in [-0.15, -0.1) is 0 Å². The zero-order chi connectivity index (χ0) is 14.4. The van der Waals surface area contributed by atoms with Crippen LogP contribution in [0, 0.1) is 11.3 Å². The van der Waals surface area contributed by atoms with Crippen molar-refractivity contribution in [3.63, 3.8) is 0 Å². The van der Waals surface area contributed by atoms with Gasteiger partial charge in [0, 0.05) is 16.9 Å². The molecule has 2 N–H and O–H groups in total. The minimum atomic E-state index is -0.419. The summed E-state index contributed by atoms with van der Waals surface area (Å²) in [6.07, 6.45) is 0.712. The molecule has 0 aliphatic carbocycles. The molecule has 0 aliphatic rings. The van der Waals surface area contributed by atoms with E-state index < -0.39 is 6.03 Å². The number of urea groups is 1. The van der Waals surface area contributed by atoms with Crippen molar-refractivity contribution in [2.24, 2.45) is 0 Å². The highest BCUT2D eigenvalue weighted by molar-refractivity contribution is 6.00. The van der Waals surface area contributed by atoms with Crippen LogP contribution < -0.4 is 10.6 Å². The van der Waals surface area contributed by atoms with Gasteiger partial charge in [0.15, 0.2) is 0 Å². The van der Waals surface area contributed by atoms with Crippen molar-refractivity contribution in [1.82, 2.24) is 0 Å². The van der Waals surface area contributed by atoms with Crippen molar-refractivity contribution in [2.75, 3.05) is 10.6 Å². The largest absolute Gasteiger partial charge is 0.323 e. The summed E-state index contributed by atoms with van der Waals surface area (Å²) >= 11 is 0.